The number of hydrogen-bond donors (Lipinski definition) is 0. The molecule has 6 nitrogen and oxygen atoms in total. The largest absolute Gasteiger partial charge is 0.462 e. The Labute approximate surface area is 431 Å². The van der Waals surface area contributed by atoms with Crippen LogP contribution in [0.2, 0.25) is 0 Å². The maximum atomic E-state index is 12.9. The molecule has 0 saturated heterocycles. The molecule has 0 heterocycles. The van der Waals surface area contributed by atoms with E-state index >= 15 is 0 Å². The normalized spacial score (nSPS) is 12.0. The number of carbonyl (C=O) groups excluding carboxylic acids is 3. The number of rotatable bonds is 57. The van der Waals surface area contributed by atoms with Gasteiger partial charge in [-0.15, -0.1) is 0 Å². The molecule has 0 aliphatic heterocycles. The van der Waals surface area contributed by atoms with Crippen LogP contribution in [0.4, 0.5) is 0 Å². The maximum Gasteiger partial charge on any atom is 0.306 e. The van der Waals surface area contributed by atoms with Crippen molar-refractivity contribution in [3.05, 3.63) is 0 Å². The van der Waals surface area contributed by atoms with Crippen molar-refractivity contribution in [3.8, 4) is 0 Å². The average molecular weight is 976 g/mol. The van der Waals surface area contributed by atoms with Crippen molar-refractivity contribution in [1.29, 1.82) is 0 Å². The third-order valence-corrected chi connectivity index (χ3v) is 14.5. The van der Waals surface area contributed by atoms with Crippen molar-refractivity contribution < 1.29 is 28.6 Å². The predicted octanol–water partition coefficient (Wildman–Crippen LogP) is 20.8. The summed E-state index contributed by atoms with van der Waals surface area (Å²) in [5.41, 5.74) is 0. The summed E-state index contributed by atoms with van der Waals surface area (Å²) in [6.45, 7) is 11.4. The van der Waals surface area contributed by atoms with Gasteiger partial charge in [0.05, 0.1) is 0 Å². The third-order valence-electron chi connectivity index (χ3n) is 14.5. The van der Waals surface area contributed by atoms with Gasteiger partial charge in [-0.2, -0.15) is 0 Å². The van der Waals surface area contributed by atoms with Crippen molar-refractivity contribution in [1.82, 2.24) is 0 Å². The number of unbranched alkanes of at least 4 members (excludes halogenated alkanes) is 42. The molecule has 0 aliphatic rings. The summed E-state index contributed by atoms with van der Waals surface area (Å²) in [6.07, 6.45) is 61.0. The Morgan fingerprint density at radius 3 is 0.710 bits per heavy atom. The van der Waals surface area contributed by atoms with E-state index in [4.69, 9.17) is 14.2 Å². The van der Waals surface area contributed by atoms with Crippen LogP contribution in [-0.4, -0.2) is 37.2 Å². The standard InChI is InChI=1S/C63H122O6/c1-6-7-8-9-10-11-12-13-14-17-21-24-27-33-38-43-48-53-61(64)67-56-60(57-68-62(65)54-49-44-39-34-30-29-32-37-42-47-52-59(4)5)69-63(66)55-50-45-40-35-28-25-22-19-16-15-18-20-23-26-31-36-41-46-51-58(2)3/h58-60H,6-57H2,1-5H3/t60-/m0/s1. The molecule has 0 bridgehead atoms. The maximum absolute atomic E-state index is 12.9. The average Bonchev–Trinajstić information content (AvgIpc) is 3.32. The van der Waals surface area contributed by atoms with Crippen LogP contribution in [-0.2, 0) is 28.6 Å². The van der Waals surface area contributed by atoms with Gasteiger partial charge < -0.3 is 14.2 Å². The molecule has 0 amide bonds. The predicted molar refractivity (Wildman–Crippen MR) is 298 cm³/mol. The van der Waals surface area contributed by atoms with E-state index < -0.39 is 6.10 Å². The number of carbonyl (C=O) groups is 3. The molecule has 0 aliphatic carbocycles. The molecule has 1 atom stereocenters. The van der Waals surface area contributed by atoms with Crippen LogP contribution in [0.25, 0.3) is 0 Å². The zero-order chi connectivity index (χ0) is 50.4. The highest BCUT2D eigenvalue weighted by Gasteiger charge is 2.19. The SMILES string of the molecule is CCCCCCCCCCCCCCCCCCCC(=O)OC[C@@H](COC(=O)CCCCCCCCCCCCC(C)C)OC(=O)CCCCCCCCCCCCCCCCCCCCC(C)C. The summed E-state index contributed by atoms with van der Waals surface area (Å²) in [6, 6.07) is 0. The second-order valence-corrected chi connectivity index (χ2v) is 22.6. The molecule has 0 aromatic heterocycles. The lowest BCUT2D eigenvalue weighted by Gasteiger charge is -2.18. The van der Waals surface area contributed by atoms with E-state index in [1.807, 2.05) is 0 Å². The van der Waals surface area contributed by atoms with Crippen LogP contribution in [0.3, 0.4) is 0 Å². The minimum Gasteiger partial charge on any atom is -0.462 e. The van der Waals surface area contributed by atoms with Crippen molar-refractivity contribution in [3.63, 3.8) is 0 Å². The first-order chi connectivity index (χ1) is 33.7. The summed E-state index contributed by atoms with van der Waals surface area (Å²) in [5.74, 6) is 0.842. The molecule has 0 spiro atoms. The fraction of sp³-hybridized carbons (Fsp3) is 0.952. The van der Waals surface area contributed by atoms with Gasteiger partial charge in [0.15, 0.2) is 6.10 Å². The third kappa shape index (κ3) is 57.2. The van der Waals surface area contributed by atoms with E-state index in [-0.39, 0.29) is 31.1 Å². The van der Waals surface area contributed by atoms with Gasteiger partial charge in [0.25, 0.3) is 0 Å². The van der Waals surface area contributed by atoms with Gasteiger partial charge in [-0.25, -0.2) is 0 Å². The molecular formula is C63H122O6. The van der Waals surface area contributed by atoms with E-state index in [9.17, 15) is 14.4 Å². The Morgan fingerprint density at radius 2 is 0.478 bits per heavy atom. The van der Waals surface area contributed by atoms with Crippen LogP contribution in [0, 0.1) is 11.8 Å². The monoisotopic (exact) mass is 975 g/mol. The Balaban J connectivity index is 4.26. The zero-order valence-electron chi connectivity index (χ0n) is 47.5. The quantitative estimate of drug-likeness (QED) is 0.0343. The molecule has 0 saturated carbocycles. The summed E-state index contributed by atoms with van der Waals surface area (Å²) in [5, 5.41) is 0. The first-order valence-corrected chi connectivity index (χ1v) is 31.2. The Bertz CT molecular complexity index is 1060. The molecule has 6 heteroatoms. The number of ether oxygens (including phenoxy) is 3. The summed E-state index contributed by atoms with van der Waals surface area (Å²) >= 11 is 0. The lowest BCUT2D eigenvalue weighted by Crippen LogP contribution is -2.30. The number of hydrogen-bond acceptors (Lipinski definition) is 6. The van der Waals surface area contributed by atoms with Crippen molar-refractivity contribution in [2.24, 2.45) is 11.8 Å². The highest BCUT2D eigenvalue weighted by Crippen LogP contribution is 2.19. The zero-order valence-corrected chi connectivity index (χ0v) is 47.5. The Kier molecular flexibility index (Phi) is 54.4. The van der Waals surface area contributed by atoms with Gasteiger partial charge in [-0.1, -0.05) is 317 Å². The molecule has 410 valence electrons. The van der Waals surface area contributed by atoms with E-state index in [1.165, 1.54) is 244 Å². The first-order valence-electron chi connectivity index (χ1n) is 31.2. The minimum atomic E-state index is -0.763. The first kappa shape index (κ1) is 67.4. The lowest BCUT2D eigenvalue weighted by atomic mass is 10.0. The topological polar surface area (TPSA) is 78.9 Å². The summed E-state index contributed by atoms with van der Waals surface area (Å²) < 4.78 is 16.9. The van der Waals surface area contributed by atoms with Crippen molar-refractivity contribution in [2.45, 2.75) is 362 Å². The smallest absolute Gasteiger partial charge is 0.306 e. The van der Waals surface area contributed by atoms with Crippen LogP contribution < -0.4 is 0 Å². The van der Waals surface area contributed by atoms with E-state index in [1.54, 1.807) is 0 Å². The summed E-state index contributed by atoms with van der Waals surface area (Å²) in [4.78, 5) is 38.2. The molecular weight excluding hydrogens is 853 g/mol. The van der Waals surface area contributed by atoms with Gasteiger partial charge in [-0.3, -0.25) is 14.4 Å². The molecule has 0 aromatic rings. The van der Waals surface area contributed by atoms with Gasteiger partial charge in [0.2, 0.25) is 0 Å². The molecule has 0 radical (unpaired) electrons. The summed E-state index contributed by atoms with van der Waals surface area (Å²) in [7, 11) is 0. The van der Waals surface area contributed by atoms with Crippen LogP contribution in [0.15, 0.2) is 0 Å². The second-order valence-electron chi connectivity index (χ2n) is 22.6. The number of esters is 3. The fourth-order valence-electron chi connectivity index (χ4n) is 9.76. The van der Waals surface area contributed by atoms with E-state index in [0.717, 1.165) is 69.6 Å². The highest BCUT2D eigenvalue weighted by molar-refractivity contribution is 5.71. The van der Waals surface area contributed by atoms with E-state index in [2.05, 4.69) is 34.6 Å². The molecule has 0 aromatic carbocycles. The second kappa shape index (κ2) is 55.7. The molecule has 0 N–H and O–H groups in total. The Hall–Kier alpha value is -1.59. The van der Waals surface area contributed by atoms with Crippen molar-refractivity contribution in [2.75, 3.05) is 13.2 Å². The molecule has 69 heavy (non-hydrogen) atoms. The van der Waals surface area contributed by atoms with E-state index in [0.29, 0.717) is 19.3 Å². The Morgan fingerprint density at radius 1 is 0.275 bits per heavy atom. The molecule has 0 rings (SSSR count). The van der Waals surface area contributed by atoms with Crippen LogP contribution >= 0.6 is 0 Å². The molecule has 0 fully saturated rings. The van der Waals surface area contributed by atoms with Gasteiger partial charge in [-0.05, 0) is 31.1 Å². The van der Waals surface area contributed by atoms with Gasteiger partial charge in [0.1, 0.15) is 13.2 Å². The van der Waals surface area contributed by atoms with Crippen molar-refractivity contribution >= 4 is 17.9 Å². The highest BCUT2D eigenvalue weighted by atomic mass is 16.6. The van der Waals surface area contributed by atoms with Gasteiger partial charge in [0, 0.05) is 19.3 Å². The molecule has 0 unspecified atom stereocenters. The van der Waals surface area contributed by atoms with Crippen LogP contribution in [0.5, 0.6) is 0 Å². The minimum absolute atomic E-state index is 0.0622. The van der Waals surface area contributed by atoms with Gasteiger partial charge >= 0.3 is 17.9 Å². The van der Waals surface area contributed by atoms with Crippen LogP contribution in [0.1, 0.15) is 356 Å². The fourth-order valence-corrected chi connectivity index (χ4v) is 9.76. The lowest BCUT2D eigenvalue weighted by molar-refractivity contribution is -0.167.